The standard InChI is InChI=1S/C25H25N3O/c1-27(2)19-11-7-17(8-12-19)22-16-23(18-9-13-20(14-10-18)28(3)4)25(29)24-21(22)6-5-15-26-24/h5-16,29H,1-4H3. The van der Waals surface area contributed by atoms with Crippen LogP contribution in [0.2, 0.25) is 0 Å². The molecule has 0 atom stereocenters. The second-order valence-corrected chi connectivity index (χ2v) is 7.60. The van der Waals surface area contributed by atoms with E-state index >= 15 is 0 Å². The van der Waals surface area contributed by atoms with Gasteiger partial charge in [-0.1, -0.05) is 30.3 Å². The van der Waals surface area contributed by atoms with E-state index in [1.807, 2.05) is 52.5 Å². The summed E-state index contributed by atoms with van der Waals surface area (Å²) >= 11 is 0. The Hall–Kier alpha value is -3.53. The van der Waals surface area contributed by atoms with Crippen molar-refractivity contribution in [1.82, 2.24) is 4.98 Å². The molecular weight excluding hydrogens is 358 g/mol. The normalized spacial score (nSPS) is 10.9. The van der Waals surface area contributed by atoms with E-state index in [2.05, 4.69) is 57.2 Å². The van der Waals surface area contributed by atoms with E-state index in [1.165, 1.54) is 0 Å². The third-order valence-corrected chi connectivity index (χ3v) is 5.26. The smallest absolute Gasteiger partial charge is 0.149 e. The minimum absolute atomic E-state index is 0.215. The van der Waals surface area contributed by atoms with Gasteiger partial charge in [-0.15, -0.1) is 0 Å². The van der Waals surface area contributed by atoms with Crippen LogP contribution in [0.25, 0.3) is 33.2 Å². The Morgan fingerprint density at radius 2 is 1.21 bits per heavy atom. The second kappa shape index (κ2) is 7.47. The lowest BCUT2D eigenvalue weighted by Crippen LogP contribution is -2.08. The first-order valence-corrected chi connectivity index (χ1v) is 9.62. The number of benzene rings is 3. The van der Waals surface area contributed by atoms with Gasteiger partial charge in [0, 0.05) is 56.7 Å². The van der Waals surface area contributed by atoms with Gasteiger partial charge in [-0.25, -0.2) is 0 Å². The lowest BCUT2D eigenvalue weighted by Gasteiger charge is -2.16. The highest BCUT2D eigenvalue weighted by Crippen LogP contribution is 2.41. The first-order chi connectivity index (χ1) is 14.0. The molecule has 0 aliphatic heterocycles. The van der Waals surface area contributed by atoms with Crippen molar-refractivity contribution in [3.05, 3.63) is 72.9 Å². The second-order valence-electron chi connectivity index (χ2n) is 7.60. The molecule has 1 heterocycles. The van der Waals surface area contributed by atoms with Crippen LogP contribution in [0, 0.1) is 0 Å². The van der Waals surface area contributed by atoms with Crippen molar-refractivity contribution in [2.45, 2.75) is 0 Å². The predicted octanol–water partition coefficient (Wildman–Crippen LogP) is 5.41. The summed E-state index contributed by atoms with van der Waals surface area (Å²) in [5.41, 5.74) is 6.79. The first-order valence-electron chi connectivity index (χ1n) is 9.62. The highest BCUT2D eigenvalue weighted by molar-refractivity contribution is 6.02. The average molecular weight is 383 g/mol. The van der Waals surface area contributed by atoms with Gasteiger partial charge in [-0.3, -0.25) is 4.98 Å². The van der Waals surface area contributed by atoms with Crippen LogP contribution in [0.1, 0.15) is 0 Å². The van der Waals surface area contributed by atoms with Gasteiger partial charge in [0.25, 0.3) is 0 Å². The maximum atomic E-state index is 11.0. The van der Waals surface area contributed by atoms with Crippen LogP contribution in [0.15, 0.2) is 72.9 Å². The molecule has 0 unspecified atom stereocenters. The van der Waals surface area contributed by atoms with Crippen LogP contribution in [0.4, 0.5) is 11.4 Å². The quantitative estimate of drug-likeness (QED) is 0.512. The monoisotopic (exact) mass is 383 g/mol. The minimum Gasteiger partial charge on any atom is -0.505 e. The fraction of sp³-hybridized carbons (Fsp3) is 0.160. The van der Waals surface area contributed by atoms with Gasteiger partial charge in [0.1, 0.15) is 11.3 Å². The zero-order valence-corrected chi connectivity index (χ0v) is 17.2. The molecule has 146 valence electrons. The molecule has 0 radical (unpaired) electrons. The number of hydrogen-bond donors (Lipinski definition) is 1. The topological polar surface area (TPSA) is 39.6 Å². The Labute approximate surface area is 171 Å². The number of aromatic hydroxyl groups is 1. The number of phenols is 1. The molecule has 0 saturated heterocycles. The Morgan fingerprint density at radius 1 is 0.690 bits per heavy atom. The van der Waals surface area contributed by atoms with E-state index in [9.17, 15) is 5.11 Å². The SMILES string of the molecule is CN(C)c1ccc(-c2cc(-c3ccc(N(C)C)cc3)c3cccnc3c2O)cc1. The Bertz CT molecular complexity index is 1150. The maximum absolute atomic E-state index is 11.0. The first kappa shape index (κ1) is 18.8. The van der Waals surface area contributed by atoms with Crippen LogP contribution in [0.5, 0.6) is 5.75 Å². The van der Waals surface area contributed by atoms with Gasteiger partial charge in [0.15, 0.2) is 0 Å². The Balaban J connectivity index is 1.91. The average Bonchev–Trinajstić information content (AvgIpc) is 2.74. The van der Waals surface area contributed by atoms with Gasteiger partial charge < -0.3 is 14.9 Å². The van der Waals surface area contributed by atoms with E-state index in [0.29, 0.717) is 5.52 Å². The minimum atomic E-state index is 0.215. The van der Waals surface area contributed by atoms with Crippen LogP contribution >= 0.6 is 0 Å². The summed E-state index contributed by atoms with van der Waals surface area (Å²) in [7, 11) is 8.10. The molecule has 0 saturated carbocycles. The van der Waals surface area contributed by atoms with Gasteiger partial charge >= 0.3 is 0 Å². The number of pyridine rings is 1. The van der Waals surface area contributed by atoms with Crippen molar-refractivity contribution in [2.24, 2.45) is 0 Å². The van der Waals surface area contributed by atoms with E-state index in [0.717, 1.165) is 39.0 Å². The predicted molar refractivity (Wildman–Crippen MR) is 123 cm³/mol. The summed E-state index contributed by atoms with van der Waals surface area (Å²) in [6.07, 6.45) is 1.72. The van der Waals surface area contributed by atoms with Crippen LogP contribution in [0.3, 0.4) is 0 Å². The number of hydrogen-bond acceptors (Lipinski definition) is 4. The molecule has 1 aromatic heterocycles. The lowest BCUT2D eigenvalue weighted by atomic mass is 9.93. The van der Waals surface area contributed by atoms with E-state index in [-0.39, 0.29) is 5.75 Å². The summed E-state index contributed by atoms with van der Waals surface area (Å²) in [5, 5.41) is 11.9. The van der Waals surface area contributed by atoms with Gasteiger partial charge in [0.05, 0.1) is 0 Å². The fourth-order valence-corrected chi connectivity index (χ4v) is 3.57. The molecule has 0 bridgehead atoms. The van der Waals surface area contributed by atoms with Gasteiger partial charge in [-0.05, 0) is 53.1 Å². The Kier molecular flexibility index (Phi) is 4.85. The van der Waals surface area contributed by atoms with Crippen LogP contribution < -0.4 is 9.80 Å². The number of rotatable bonds is 4. The van der Waals surface area contributed by atoms with Gasteiger partial charge in [0.2, 0.25) is 0 Å². The summed E-state index contributed by atoms with van der Waals surface area (Å²) in [6.45, 7) is 0. The molecule has 0 fully saturated rings. The van der Waals surface area contributed by atoms with Crippen molar-refractivity contribution >= 4 is 22.3 Å². The van der Waals surface area contributed by atoms with Crippen LogP contribution in [-0.4, -0.2) is 38.3 Å². The van der Waals surface area contributed by atoms with Crippen molar-refractivity contribution in [1.29, 1.82) is 0 Å². The number of phenolic OH excluding ortho intramolecular Hbond substituents is 1. The molecule has 4 heteroatoms. The molecule has 0 aliphatic carbocycles. The number of aromatic nitrogens is 1. The highest BCUT2D eigenvalue weighted by atomic mass is 16.3. The molecule has 29 heavy (non-hydrogen) atoms. The zero-order chi connectivity index (χ0) is 20.5. The molecule has 0 amide bonds. The molecule has 4 rings (SSSR count). The van der Waals surface area contributed by atoms with Crippen molar-refractivity contribution in [2.75, 3.05) is 38.0 Å². The molecule has 1 N–H and O–H groups in total. The fourth-order valence-electron chi connectivity index (χ4n) is 3.57. The third-order valence-electron chi connectivity index (χ3n) is 5.26. The zero-order valence-electron chi connectivity index (χ0n) is 17.2. The third kappa shape index (κ3) is 3.49. The van der Waals surface area contributed by atoms with Gasteiger partial charge in [-0.2, -0.15) is 0 Å². The Morgan fingerprint density at radius 3 is 1.72 bits per heavy atom. The number of nitrogens with zero attached hydrogens (tertiary/aromatic N) is 3. The molecule has 4 nitrogen and oxygen atoms in total. The lowest BCUT2D eigenvalue weighted by molar-refractivity contribution is 0.482. The molecular formula is C25H25N3O. The molecule has 0 aliphatic rings. The number of anilines is 2. The van der Waals surface area contributed by atoms with Crippen LogP contribution in [-0.2, 0) is 0 Å². The summed E-state index contributed by atoms with van der Waals surface area (Å²) in [6, 6.07) is 22.6. The molecule has 4 aromatic rings. The van der Waals surface area contributed by atoms with E-state index in [1.54, 1.807) is 6.20 Å². The van der Waals surface area contributed by atoms with E-state index < -0.39 is 0 Å². The maximum Gasteiger partial charge on any atom is 0.149 e. The van der Waals surface area contributed by atoms with Crippen molar-refractivity contribution < 1.29 is 5.11 Å². The highest BCUT2D eigenvalue weighted by Gasteiger charge is 2.15. The number of fused-ring (bicyclic) bond motifs is 1. The van der Waals surface area contributed by atoms with E-state index in [4.69, 9.17) is 0 Å². The summed E-state index contributed by atoms with van der Waals surface area (Å²) in [4.78, 5) is 8.62. The summed E-state index contributed by atoms with van der Waals surface area (Å²) in [5.74, 6) is 0.215. The van der Waals surface area contributed by atoms with Crippen molar-refractivity contribution in [3.8, 4) is 28.0 Å². The molecule has 3 aromatic carbocycles. The van der Waals surface area contributed by atoms with Crippen molar-refractivity contribution in [3.63, 3.8) is 0 Å². The summed E-state index contributed by atoms with van der Waals surface area (Å²) < 4.78 is 0. The molecule has 0 spiro atoms. The largest absolute Gasteiger partial charge is 0.505 e.